The molecule has 132 valence electrons. The molecule has 1 aromatic carbocycles. The van der Waals surface area contributed by atoms with Crippen molar-refractivity contribution in [1.82, 2.24) is 14.9 Å². The lowest BCUT2D eigenvalue weighted by Crippen LogP contribution is -2.35. The molecule has 2 N–H and O–H groups in total. The van der Waals surface area contributed by atoms with Gasteiger partial charge in [0, 0.05) is 37.8 Å². The Hall–Kier alpha value is -1.48. The van der Waals surface area contributed by atoms with E-state index in [1.165, 1.54) is 12.1 Å². The van der Waals surface area contributed by atoms with Crippen molar-refractivity contribution >= 4 is 15.9 Å². The summed E-state index contributed by atoms with van der Waals surface area (Å²) in [6.07, 6.45) is 1.60. The van der Waals surface area contributed by atoms with Crippen LogP contribution in [0.4, 0.5) is 0 Å². The summed E-state index contributed by atoms with van der Waals surface area (Å²) in [5.74, 6) is -0.0557. The Morgan fingerprint density at radius 3 is 2.71 bits per heavy atom. The van der Waals surface area contributed by atoms with E-state index in [1.807, 2.05) is 0 Å². The summed E-state index contributed by atoms with van der Waals surface area (Å²) in [6, 6.07) is 5.96. The molecule has 2 heterocycles. The van der Waals surface area contributed by atoms with Crippen molar-refractivity contribution in [3.05, 3.63) is 29.8 Å². The lowest BCUT2D eigenvalue weighted by atomic mass is 10.2. The number of carbonyl (C=O) groups is 1. The molecule has 24 heavy (non-hydrogen) atoms. The molecule has 1 aromatic rings. The SMILES string of the molecule is O=C(c1ccc(S(=O)(=O)N[C@H]2CCOC2)cc1)N1CCCNCC1. The highest BCUT2D eigenvalue weighted by molar-refractivity contribution is 7.89. The van der Waals surface area contributed by atoms with Crippen LogP contribution in [0.25, 0.3) is 0 Å². The Morgan fingerprint density at radius 1 is 1.21 bits per heavy atom. The minimum Gasteiger partial charge on any atom is -0.380 e. The highest BCUT2D eigenvalue weighted by Crippen LogP contribution is 2.15. The van der Waals surface area contributed by atoms with Gasteiger partial charge in [0.1, 0.15) is 0 Å². The second kappa shape index (κ2) is 7.60. The van der Waals surface area contributed by atoms with Gasteiger partial charge in [-0.15, -0.1) is 0 Å². The summed E-state index contributed by atoms with van der Waals surface area (Å²) in [4.78, 5) is 14.5. The lowest BCUT2D eigenvalue weighted by molar-refractivity contribution is 0.0766. The quantitative estimate of drug-likeness (QED) is 0.807. The molecular weight excluding hydrogens is 330 g/mol. The van der Waals surface area contributed by atoms with Crippen LogP contribution in [0, 0.1) is 0 Å². The largest absolute Gasteiger partial charge is 0.380 e. The van der Waals surface area contributed by atoms with E-state index in [9.17, 15) is 13.2 Å². The second-order valence-corrected chi connectivity index (χ2v) is 7.82. The second-order valence-electron chi connectivity index (χ2n) is 6.10. The molecule has 2 aliphatic heterocycles. The van der Waals surface area contributed by atoms with Crippen molar-refractivity contribution in [2.45, 2.75) is 23.8 Å². The first-order valence-electron chi connectivity index (χ1n) is 8.26. The minimum atomic E-state index is -3.58. The zero-order valence-electron chi connectivity index (χ0n) is 13.5. The van der Waals surface area contributed by atoms with Gasteiger partial charge in [0.15, 0.2) is 0 Å². The number of sulfonamides is 1. The Bertz CT molecular complexity index is 661. The number of benzene rings is 1. The number of ether oxygens (including phenoxy) is 1. The molecule has 2 saturated heterocycles. The average molecular weight is 353 g/mol. The maximum absolute atomic E-state index is 12.5. The molecule has 0 aliphatic carbocycles. The Morgan fingerprint density at radius 2 is 2.00 bits per heavy atom. The summed E-state index contributed by atoms with van der Waals surface area (Å²) in [5.41, 5.74) is 0.514. The van der Waals surface area contributed by atoms with Crippen LogP contribution in [0.5, 0.6) is 0 Å². The molecule has 2 fully saturated rings. The third-order valence-corrected chi connectivity index (χ3v) is 5.83. The summed E-state index contributed by atoms with van der Waals surface area (Å²) in [6.45, 7) is 4.06. The summed E-state index contributed by atoms with van der Waals surface area (Å²) >= 11 is 0. The first-order valence-corrected chi connectivity index (χ1v) is 9.75. The van der Waals surface area contributed by atoms with Gasteiger partial charge in [0.2, 0.25) is 10.0 Å². The van der Waals surface area contributed by atoms with E-state index in [0.717, 1.165) is 26.1 Å². The lowest BCUT2D eigenvalue weighted by Gasteiger charge is -2.20. The Balaban J connectivity index is 1.68. The molecule has 1 amide bonds. The third kappa shape index (κ3) is 4.13. The molecule has 0 bridgehead atoms. The number of amides is 1. The van der Waals surface area contributed by atoms with Crippen molar-refractivity contribution in [3.8, 4) is 0 Å². The predicted molar refractivity (Wildman–Crippen MR) is 89.4 cm³/mol. The number of hydrogen-bond donors (Lipinski definition) is 2. The van der Waals surface area contributed by atoms with Gasteiger partial charge < -0.3 is 15.0 Å². The van der Waals surface area contributed by atoms with Gasteiger partial charge in [-0.3, -0.25) is 4.79 Å². The van der Waals surface area contributed by atoms with Gasteiger partial charge in [0.25, 0.3) is 5.91 Å². The maximum Gasteiger partial charge on any atom is 0.253 e. The molecule has 0 saturated carbocycles. The topological polar surface area (TPSA) is 87.7 Å². The average Bonchev–Trinajstić information content (AvgIpc) is 2.93. The third-order valence-electron chi connectivity index (χ3n) is 4.29. The summed E-state index contributed by atoms with van der Waals surface area (Å²) < 4.78 is 32.5. The zero-order valence-corrected chi connectivity index (χ0v) is 14.3. The fraction of sp³-hybridized carbons (Fsp3) is 0.562. The zero-order chi connectivity index (χ0) is 17.0. The Labute approximate surface area is 142 Å². The smallest absolute Gasteiger partial charge is 0.253 e. The highest BCUT2D eigenvalue weighted by atomic mass is 32.2. The first-order chi connectivity index (χ1) is 11.6. The van der Waals surface area contributed by atoms with Crippen LogP contribution in [-0.2, 0) is 14.8 Å². The fourth-order valence-corrected chi connectivity index (χ4v) is 4.18. The normalized spacial score (nSPS) is 22.3. The van der Waals surface area contributed by atoms with E-state index < -0.39 is 10.0 Å². The number of nitrogens with one attached hydrogen (secondary N) is 2. The van der Waals surface area contributed by atoms with Crippen molar-refractivity contribution in [3.63, 3.8) is 0 Å². The predicted octanol–water partition coefficient (Wildman–Crippen LogP) is 0.189. The summed E-state index contributed by atoms with van der Waals surface area (Å²) in [7, 11) is -3.58. The molecule has 8 heteroatoms. The van der Waals surface area contributed by atoms with Gasteiger partial charge >= 0.3 is 0 Å². The van der Waals surface area contributed by atoms with E-state index >= 15 is 0 Å². The Kier molecular flexibility index (Phi) is 5.50. The molecule has 1 atom stereocenters. The molecule has 3 rings (SSSR count). The van der Waals surface area contributed by atoms with Crippen LogP contribution in [0.2, 0.25) is 0 Å². The van der Waals surface area contributed by atoms with Crippen LogP contribution in [0.3, 0.4) is 0 Å². The molecule has 0 radical (unpaired) electrons. The molecule has 0 spiro atoms. The standard InChI is InChI=1S/C16H23N3O4S/c20-16(19-9-1-7-17-8-10-19)13-2-4-15(5-3-13)24(21,22)18-14-6-11-23-12-14/h2-5,14,17-18H,1,6-12H2/t14-/m0/s1. The van der Waals surface area contributed by atoms with Gasteiger partial charge in [-0.25, -0.2) is 13.1 Å². The maximum atomic E-state index is 12.5. The number of rotatable bonds is 4. The monoisotopic (exact) mass is 353 g/mol. The van der Waals surface area contributed by atoms with Crippen molar-refractivity contribution in [2.75, 3.05) is 39.4 Å². The van der Waals surface area contributed by atoms with E-state index in [1.54, 1.807) is 17.0 Å². The first kappa shape index (κ1) is 17.3. The van der Waals surface area contributed by atoms with Crippen molar-refractivity contribution < 1.29 is 17.9 Å². The van der Waals surface area contributed by atoms with E-state index in [2.05, 4.69) is 10.0 Å². The van der Waals surface area contributed by atoms with Crippen LogP contribution >= 0.6 is 0 Å². The number of carbonyl (C=O) groups excluding carboxylic acids is 1. The number of hydrogen-bond acceptors (Lipinski definition) is 5. The van der Waals surface area contributed by atoms with Crippen LogP contribution in [-0.4, -0.2) is 64.7 Å². The van der Waals surface area contributed by atoms with Crippen LogP contribution in [0.1, 0.15) is 23.2 Å². The van der Waals surface area contributed by atoms with Crippen molar-refractivity contribution in [1.29, 1.82) is 0 Å². The summed E-state index contributed by atoms with van der Waals surface area (Å²) in [5, 5.41) is 3.26. The number of nitrogens with zero attached hydrogens (tertiary/aromatic N) is 1. The van der Waals surface area contributed by atoms with E-state index in [0.29, 0.717) is 31.7 Å². The van der Waals surface area contributed by atoms with Crippen LogP contribution in [0.15, 0.2) is 29.2 Å². The minimum absolute atomic E-state index is 0.0557. The molecule has 7 nitrogen and oxygen atoms in total. The fourth-order valence-electron chi connectivity index (χ4n) is 2.92. The van der Waals surface area contributed by atoms with Gasteiger partial charge in [-0.05, 0) is 43.7 Å². The van der Waals surface area contributed by atoms with Gasteiger partial charge in [0.05, 0.1) is 11.5 Å². The molecule has 2 aliphatic rings. The van der Waals surface area contributed by atoms with Gasteiger partial charge in [-0.1, -0.05) is 0 Å². The van der Waals surface area contributed by atoms with Crippen molar-refractivity contribution in [2.24, 2.45) is 0 Å². The molecular formula is C16H23N3O4S. The molecule has 0 unspecified atom stereocenters. The van der Waals surface area contributed by atoms with E-state index in [-0.39, 0.29) is 16.8 Å². The van der Waals surface area contributed by atoms with Gasteiger partial charge in [-0.2, -0.15) is 0 Å². The highest BCUT2D eigenvalue weighted by Gasteiger charge is 2.24. The van der Waals surface area contributed by atoms with Crippen LogP contribution < -0.4 is 10.0 Å². The van der Waals surface area contributed by atoms with E-state index in [4.69, 9.17) is 4.74 Å². The molecule has 0 aromatic heterocycles.